The maximum Gasteiger partial charge on any atom is 0 e. The molecule has 3 nitrogen and oxygen atoms in total. The number of halogens is 1. The SMILES string of the molecule is C#CC#CC#CC#CC#CC#CC#CC#CC#Cc1cc(O)c(Cl)cc1O.[B]=S=O.[HH].[HH].[HH].[HH].[HH].[HH].[HH].[HH].[HH].[HH].[HH].[HH].[HH].[HH].[HH].[HH]. The summed E-state index contributed by atoms with van der Waals surface area (Å²) in [5.74, 6) is 41.0. The summed E-state index contributed by atoms with van der Waals surface area (Å²) < 4.78 is 8.62. The molecular weight excluding hydrogens is 415 g/mol. The van der Waals surface area contributed by atoms with Gasteiger partial charge in [-0.05, 0) is 101 Å². The van der Waals surface area contributed by atoms with Crippen LogP contribution in [0.25, 0.3) is 0 Å². The fraction of sp³-hybridized carbons (Fsp3) is 0. The van der Waals surface area contributed by atoms with Crippen LogP contribution in [0.15, 0.2) is 12.1 Å². The average Bonchev–Trinajstić information content (AvgIpc) is 2.72. The fourth-order valence-corrected chi connectivity index (χ4v) is 1.35. The number of phenols is 2. The van der Waals surface area contributed by atoms with Gasteiger partial charge < -0.3 is 10.2 Å². The zero-order valence-electron chi connectivity index (χ0n) is 14.9. The zero-order valence-corrected chi connectivity index (χ0v) is 16.5. The first kappa shape index (κ1) is 25.2. The Kier molecular flexibility index (Phi) is 14.8. The minimum Gasteiger partial charge on any atom is 0 e. The van der Waals surface area contributed by atoms with Crippen LogP contribution < -0.4 is 0 Å². The number of benzene rings is 1. The van der Waals surface area contributed by atoms with Crippen molar-refractivity contribution in [3.63, 3.8) is 0 Å². The third-order valence-electron chi connectivity index (χ3n) is 2.21. The molecule has 0 unspecified atom stereocenters. The monoisotopic (exact) mass is 451 g/mol. The van der Waals surface area contributed by atoms with Crippen molar-refractivity contribution in [2.24, 2.45) is 0 Å². The number of aromatic hydroxyl groups is 2. The molecule has 1 aromatic rings. The third-order valence-corrected chi connectivity index (χ3v) is 2.51. The van der Waals surface area contributed by atoms with Crippen LogP contribution in [0.3, 0.4) is 0 Å². The van der Waals surface area contributed by atoms with E-state index in [1.807, 2.05) is 0 Å². The van der Waals surface area contributed by atoms with Gasteiger partial charge in [-0.15, -0.1) is 6.42 Å². The Bertz CT molecular complexity index is 1440. The van der Waals surface area contributed by atoms with Crippen LogP contribution in [-0.2, 0) is 11.1 Å². The summed E-state index contributed by atoms with van der Waals surface area (Å²) in [5, 5.41) is 19.1. The molecule has 0 aliphatic rings. The molecule has 0 atom stereocenters. The minimum absolute atomic E-state index is 0. The maximum atomic E-state index is 9.61. The quantitative estimate of drug-likeness (QED) is 0.332. The molecule has 2 N–H and O–H groups in total. The first-order valence-electron chi connectivity index (χ1n) is 7.23. The Morgan fingerprint density at radius 2 is 1.13 bits per heavy atom. The van der Waals surface area contributed by atoms with E-state index in [1.54, 1.807) is 0 Å². The van der Waals surface area contributed by atoms with Crippen LogP contribution in [0.5, 0.6) is 11.5 Å². The van der Waals surface area contributed by atoms with E-state index >= 15 is 0 Å². The Labute approximate surface area is 208 Å². The molecule has 0 bridgehead atoms. The molecule has 1 radical (unpaired) electrons. The van der Waals surface area contributed by atoms with E-state index in [4.69, 9.17) is 22.2 Å². The first-order chi connectivity index (χ1) is 14.6. The van der Waals surface area contributed by atoms with Crippen molar-refractivity contribution < 1.29 is 37.2 Å². The van der Waals surface area contributed by atoms with Crippen LogP contribution in [0.1, 0.15) is 28.4 Å². The molecule has 1 rings (SSSR count). The molecule has 0 fully saturated rings. The van der Waals surface area contributed by atoms with Gasteiger partial charge in [-0.25, -0.2) is 0 Å². The molecule has 0 amide bonds. The largest absolute Gasteiger partial charge is 0 e. The zero-order chi connectivity index (χ0) is 22.5. The molecule has 0 aromatic heterocycles. The van der Waals surface area contributed by atoms with E-state index in [9.17, 15) is 10.2 Å². The Balaban J connectivity index is -0.0000000284. The number of terminal acetylenes is 1. The molecule has 30 heavy (non-hydrogen) atoms. The average molecular weight is 452 g/mol. The van der Waals surface area contributed by atoms with Crippen LogP contribution in [0, 0.1) is 107 Å². The normalized spacial score (nSPS) is 5.83. The van der Waals surface area contributed by atoms with E-state index in [0.717, 1.165) is 0 Å². The van der Waals surface area contributed by atoms with Crippen molar-refractivity contribution in [2.45, 2.75) is 0 Å². The topological polar surface area (TPSA) is 57.5 Å². The summed E-state index contributed by atoms with van der Waals surface area (Å²) in [5.41, 5.74) is 0.197. The van der Waals surface area contributed by atoms with Crippen LogP contribution >= 0.6 is 11.6 Å². The van der Waals surface area contributed by atoms with Crippen molar-refractivity contribution in [1.82, 2.24) is 0 Å². The second kappa shape index (κ2) is 17.6. The Morgan fingerprint density at radius 3 is 1.53 bits per heavy atom. The molecule has 0 saturated carbocycles. The van der Waals surface area contributed by atoms with Gasteiger partial charge in [0.1, 0.15) is 11.5 Å². The Morgan fingerprint density at radius 1 is 0.767 bits per heavy atom. The molecule has 0 saturated heterocycles. The summed E-state index contributed by atoms with van der Waals surface area (Å²) in [4.78, 5) is 0. The van der Waals surface area contributed by atoms with Gasteiger partial charge in [0.25, 0.3) is 0 Å². The van der Waals surface area contributed by atoms with Gasteiger partial charge in [0.05, 0.1) is 10.6 Å². The van der Waals surface area contributed by atoms with Crippen LogP contribution in [0.2, 0.25) is 5.02 Å². The number of rotatable bonds is 0. The van der Waals surface area contributed by atoms with Crippen molar-refractivity contribution in [2.75, 3.05) is 0 Å². The van der Waals surface area contributed by atoms with Gasteiger partial charge >= 0.3 is 22.0 Å². The molecule has 0 spiro atoms. The van der Waals surface area contributed by atoms with Gasteiger partial charge in [-0.3, -0.25) is 0 Å². The molecule has 0 aliphatic carbocycles. The van der Waals surface area contributed by atoms with E-state index in [1.165, 1.54) is 12.1 Å². The summed E-state index contributed by atoms with van der Waals surface area (Å²) >= 11 is 5.64. The fourth-order valence-electron chi connectivity index (χ4n) is 1.19. The second-order valence-electron chi connectivity index (χ2n) is 4.06. The van der Waals surface area contributed by atoms with E-state index < -0.39 is 0 Å². The summed E-state index contributed by atoms with van der Waals surface area (Å²) in [6.45, 7) is 4.21. The summed E-state index contributed by atoms with van der Waals surface area (Å²) in [6.07, 6.45) is 4.91. The summed E-state index contributed by atoms with van der Waals surface area (Å²) in [7, 11) is 0. The summed E-state index contributed by atoms with van der Waals surface area (Å²) in [6, 6.07) is 2.43. The first-order valence-corrected chi connectivity index (χ1v) is 8.41. The smallest absolute Gasteiger partial charge is 0 e. The number of phenolic OH excluding ortho intramolecular Hbond substituents is 2. The maximum absolute atomic E-state index is 9.61. The molecule has 0 heterocycles. The van der Waals surface area contributed by atoms with Gasteiger partial charge in [-0.1, -0.05) is 11.6 Å². The van der Waals surface area contributed by atoms with E-state index in [-0.39, 0.29) is 56.0 Å². The Hall–Kier alpha value is -4.77. The third kappa shape index (κ3) is 13.4. The van der Waals surface area contributed by atoms with E-state index in [0.29, 0.717) is 0 Å². The van der Waals surface area contributed by atoms with E-state index in [2.05, 4.69) is 107 Å². The molecule has 167 valence electrons. The molecule has 6 heteroatoms. The predicted molar refractivity (Wildman–Crippen MR) is 153 cm³/mol. The standard InChI is InChI=1S/C24H5ClO2.BOS.16H2/c1-2-3-4-5-6-7-8-9-10-11-12-13-14-15-16-17-18-21-19-24(27)22(25)20-23(21)26;1-3-2;;;;;;;;;;;;;;;;/h1,19-20,26-27H;;16*1H. The molecule has 0 aliphatic heterocycles. The number of hydrogen-bond donors (Lipinski definition) is 2. The number of hydrogen-bond acceptors (Lipinski definition) is 3. The van der Waals surface area contributed by atoms with Crippen LogP contribution in [-0.4, -0.2) is 21.1 Å². The molecule has 1 aromatic carbocycles. The van der Waals surface area contributed by atoms with Gasteiger partial charge in [0.2, 0.25) is 0 Å². The predicted octanol–water partition coefficient (Wildman–Crippen LogP) is 4.98. The van der Waals surface area contributed by atoms with Gasteiger partial charge in [-0.2, -0.15) is 0 Å². The van der Waals surface area contributed by atoms with Gasteiger partial charge in [0.15, 0.2) is 0 Å². The second-order valence-corrected chi connectivity index (χ2v) is 4.66. The van der Waals surface area contributed by atoms with Crippen molar-refractivity contribution in [3.8, 4) is 119 Å². The van der Waals surface area contributed by atoms with Gasteiger partial charge in [0, 0.05) is 35.0 Å². The van der Waals surface area contributed by atoms with Crippen LogP contribution in [0.4, 0.5) is 0 Å². The minimum atomic E-state index is -0.183. The molecular formula is C24H37BClO3S. The van der Waals surface area contributed by atoms with Crippen molar-refractivity contribution in [3.05, 3.63) is 22.7 Å². The van der Waals surface area contributed by atoms with Crippen molar-refractivity contribution in [1.29, 1.82) is 0 Å². The van der Waals surface area contributed by atoms with Crippen molar-refractivity contribution >= 4 is 29.4 Å².